The topological polar surface area (TPSA) is 113 Å². The zero-order valence-electron chi connectivity index (χ0n) is 27.9. The summed E-state index contributed by atoms with van der Waals surface area (Å²) in [5, 5.41) is 4.68. The average molecular weight is 624 g/mol. The molecule has 246 valence electrons. The summed E-state index contributed by atoms with van der Waals surface area (Å²) in [6, 6.07) is 1.79. The summed E-state index contributed by atoms with van der Waals surface area (Å²) in [5.41, 5.74) is 2.11. The minimum Gasteiger partial charge on any atom is -0.444 e. The highest BCUT2D eigenvalue weighted by molar-refractivity contribution is 5.88. The summed E-state index contributed by atoms with van der Waals surface area (Å²) >= 11 is 0. The largest absolute Gasteiger partial charge is 0.444 e. The Morgan fingerprint density at radius 2 is 1.73 bits per heavy atom. The van der Waals surface area contributed by atoms with Crippen molar-refractivity contribution in [3.63, 3.8) is 0 Å². The van der Waals surface area contributed by atoms with Crippen LogP contribution in [0.1, 0.15) is 89.8 Å². The van der Waals surface area contributed by atoms with E-state index in [1.807, 2.05) is 58.1 Å². The molecule has 0 radical (unpaired) electrons. The van der Waals surface area contributed by atoms with Gasteiger partial charge in [0.2, 0.25) is 5.91 Å². The lowest BCUT2D eigenvalue weighted by atomic mass is 10.0. The Labute approximate surface area is 266 Å². The second-order valence-corrected chi connectivity index (χ2v) is 14.1. The average Bonchev–Trinajstić information content (AvgIpc) is 3.55. The number of carbonyl (C=O) groups excluding carboxylic acids is 3. The number of fused-ring (bicyclic) bond motifs is 1. The van der Waals surface area contributed by atoms with Crippen LogP contribution in [0.25, 0.3) is 5.65 Å². The summed E-state index contributed by atoms with van der Waals surface area (Å²) < 4.78 is 13.5. The SMILES string of the molecule is CC(C)c1cnn2c(N(C(=O)OC(C)(C)C)C3CCN(C(=O)O[C@H]4CCN(C(=O)/C=C/CN(C)C)C4)CC3)cc(C3CC3)nc12. The van der Waals surface area contributed by atoms with Crippen LogP contribution in [0.3, 0.4) is 0 Å². The van der Waals surface area contributed by atoms with Gasteiger partial charge >= 0.3 is 12.2 Å². The van der Waals surface area contributed by atoms with E-state index in [1.54, 1.807) is 25.3 Å². The van der Waals surface area contributed by atoms with E-state index in [9.17, 15) is 14.4 Å². The smallest absolute Gasteiger partial charge is 0.416 e. The number of anilines is 1. The van der Waals surface area contributed by atoms with E-state index in [1.165, 1.54) is 0 Å². The summed E-state index contributed by atoms with van der Waals surface area (Å²) in [4.78, 5) is 51.7. The third-order valence-electron chi connectivity index (χ3n) is 8.50. The van der Waals surface area contributed by atoms with Crippen molar-refractivity contribution in [3.8, 4) is 0 Å². The molecular weight excluding hydrogens is 574 g/mol. The minimum atomic E-state index is -0.683. The van der Waals surface area contributed by atoms with Crippen molar-refractivity contribution in [2.75, 3.05) is 51.7 Å². The van der Waals surface area contributed by atoms with Crippen LogP contribution in [0.2, 0.25) is 0 Å². The van der Waals surface area contributed by atoms with Crippen LogP contribution in [0.5, 0.6) is 0 Å². The molecule has 0 aromatic carbocycles. The first kappa shape index (κ1) is 32.7. The third-order valence-corrected chi connectivity index (χ3v) is 8.50. The Balaban J connectivity index is 1.29. The second-order valence-electron chi connectivity index (χ2n) is 14.1. The van der Waals surface area contributed by atoms with Crippen molar-refractivity contribution in [3.05, 3.63) is 35.7 Å². The predicted molar refractivity (Wildman–Crippen MR) is 172 cm³/mol. The molecule has 1 atom stereocenters. The van der Waals surface area contributed by atoms with Gasteiger partial charge in [0.25, 0.3) is 0 Å². The zero-order valence-corrected chi connectivity index (χ0v) is 27.9. The first-order chi connectivity index (χ1) is 21.3. The highest BCUT2D eigenvalue weighted by Gasteiger charge is 2.38. The van der Waals surface area contributed by atoms with Crippen molar-refractivity contribution in [2.45, 2.75) is 96.3 Å². The van der Waals surface area contributed by atoms with Crippen LogP contribution >= 0.6 is 0 Å². The number of nitrogens with zero attached hydrogens (tertiary/aromatic N) is 7. The lowest BCUT2D eigenvalue weighted by molar-refractivity contribution is -0.125. The molecule has 2 aliphatic heterocycles. The lowest BCUT2D eigenvalue weighted by Crippen LogP contribution is -2.51. The van der Waals surface area contributed by atoms with Crippen molar-refractivity contribution < 1.29 is 23.9 Å². The Kier molecular flexibility index (Phi) is 9.71. The van der Waals surface area contributed by atoms with E-state index in [0.29, 0.717) is 63.7 Å². The number of rotatable bonds is 8. The minimum absolute atomic E-state index is 0.0637. The number of carbonyl (C=O) groups is 3. The molecular formula is C33H49N7O5. The molecule has 1 saturated carbocycles. The molecule has 3 amide bonds. The van der Waals surface area contributed by atoms with Crippen molar-refractivity contribution in [1.82, 2.24) is 29.3 Å². The van der Waals surface area contributed by atoms with E-state index in [-0.39, 0.29) is 30.1 Å². The molecule has 2 saturated heterocycles. The summed E-state index contributed by atoms with van der Waals surface area (Å²) in [6.45, 7) is 12.3. The number of amides is 3. The number of hydrogen-bond donors (Lipinski definition) is 0. The standard InChI is InChI=1S/C33H49N7O5/c1-22(2)26-20-34-40-28(19-27(23-10-11-23)35-30(26)40)39(32(43)45-33(3,4)5)24-12-16-37(17-13-24)31(42)44-25-14-18-38(21-25)29(41)9-8-15-36(6)7/h8-9,19-20,22-25H,10-18,21H2,1-7H3/b9-8+/t25-/m0/s1. The van der Waals surface area contributed by atoms with E-state index in [0.717, 1.165) is 29.7 Å². The van der Waals surface area contributed by atoms with E-state index in [2.05, 4.69) is 18.9 Å². The maximum absolute atomic E-state index is 13.9. The van der Waals surface area contributed by atoms with Crippen LogP contribution in [0.4, 0.5) is 15.4 Å². The first-order valence-corrected chi connectivity index (χ1v) is 16.3. The van der Waals surface area contributed by atoms with Gasteiger partial charge in [0, 0.05) is 68.0 Å². The van der Waals surface area contributed by atoms with Gasteiger partial charge in [-0.05, 0) is 66.5 Å². The molecule has 12 nitrogen and oxygen atoms in total. The van der Waals surface area contributed by atoms with Crippen LogP contribution in [-0.4, -0.2) is 112 Å². The van der Waals surface area contributed by atoms with Crippen LogP contribution in [-0.2, 0) is 14.3 Å². The van der Waals surface area contributed by atoms with Gasteiger partial charge in [-0.15, -0.1) is 0 Å². The highest BCUT2D eigenvalue weighted by Crippen LogP contribution is 2.41. The monoisotopic (exact) mass is 623 g/mol. The molecule has 5 rings (SSSR count). The zero-order chi connectivity index (χ0) is 32.5. The number of piperidine rings is 1. The Morgan fingerprint density at radius 1 is 1.04 bits per heavy atom. The number of likely N-dealkylation sites (N-methyl/N-ethyl adjacent to an activating group) is 1. The Bertz CT molecular complexity index is 1420. The van der Waals surface area contributed by atoms with Gasteiger partial charge in [0.05, 0.1) is 12.7 Å². The molecule has 3 fully saturated rings. The molecule has 45 heavy (non-hydrogen) atoms. The molecule has 0 N–H and O–H groups in total. The maximum Gasteiger partial charge on any atom is 0.416 e. The first-order valence-electron chi connectivity index (χ1n) is 16.3. The summed E-state index contributed by atoms with van der Waals surface area (Å²) in [6.07, 6.45) is 8.02. The number of aromatic nitrogens is 3. The fourth-order valence-electron chi connectivity index (χ4n) is 5.91. The highest BCUT2D eigenvalue weighted by atomic mass is 16.6. The number of ether oxygens (including phenoxy) is 2. The Morgan fingerprint density at radius 3 is 2.36 bits per heavy atom. The van der Waals surface area contributed by atoms with Crippen LogP contribution in [0, 0.1) is 0 Å². The van der Waals surface area contributed by atoms with E-state index >= 15 is 0 Å². The van der Waals surface area contributed by atoms with E-state index < -0.39 is 11.7 Å². The number of likely N-dealkylation sites (tertiary alicyclic amines) is 2. The van der Waals surface area contributed by atoms with Gasteiger partial charge in [-0.1, -0.05) is 19.9 Å². The van der Waals surface area contributed by atoms with Gasteiger partial charge < -0.3 is 24.2 Å². The molecule has 0 spiro atoms. The third kappa shape index (κ3) is 7.95. The van der Waals surface area contributed by atoms with E-state index in [4.69, 9.17) is 14.5 Å². The second kappa shape index (κ2) is 13.4. The van der Waals surface area contributed by atoms with Gasteiger partial charge in [-0.3, -0.25) is 9.69 Å². The van der Waals surface area contributed by atoms with Crippen molar-refractivity contribution in [1.29, 1.82) is 0 Å². The van der Waals surface area contributed by atoms with Gasteiger partial charge in [-0.25, -0.2) is 14.6 Å². The number of hydrogen-bond acceptors (Lipinski definition) is 8. The summed E-state index contributed by atoms with van der Waals surface area (Å²) in [5.74, 6) is 1.20. The normalized spacial score (nSPS) is 19.7. The molecule has 12 heteroatoms. The fraction of sp³-hybridized carbons (Fsp3) is 0.667. The van der Waals surface area contributed by atoms with Gasteiger partial charge in [0.15, 0.2) is 5.65 Å². The molecule has 2 aromatic heterocycles. The van der Waals surface area contributed by atoms with Gasteiger partial charge in [-0.2, -0.15) is 9.61 Å². The lowest BCUT2D eigenvalue weighted by Gasteiger charge is -2.38. The molecule has 1 aliphatic carbocycles. The summed E-state index contributed by atoms with van der Waals surface area (Å²) in [7, 11) is 3.89. The maximum atomic E-state index is 13.9. The van der Waals surface area contributed by atoms with Crippen molar-refractivity contribution in [2.24, 2.45) is 0 Å². The van der Waals surface area contributed by atoms with Crippen molar-refractivity contribution >= 4 is 29.6 Å². The van der Waals surface area contributed by atoms with Gasteiger partial charge in [0.1, 0.15) is 17.5 Å². The predicted octanol–water partition coefficient (Wildman–Crippen LogP) is 4.79. The molecule has 3 aliphatic rings. The molecule has 2 aromatic rings. The Hall–Kier alpha value is -3.67. The fourth-order valence-corrected chi connectivity index (χ4v) is 5.91. The molecule has 0 unspecified atom stereocenters. The molecule has 0 bridgehead atoms. The quantitative estimate of drug-likeness (QED) is 0.386. The van der Waals surface area contributed by atoms with Crippen LogP contribution < -0.4 is 4.90 Å². The molecule has 4 heterocycles. The van der Waals surface area contributed by atoms with Crippen LogP contribution in [0.15, 0.2) is 24.4 Å².